The average Bonchev–Trinajstić information content (AvgIpc) is 3.11. The summed E-state index contributed by atoms with van der Waals surface area (Å²) in [5.74, 6) is 0.408. The fourth-order valence-corrected chi connectivity index (χ4v) is 8.83. The van der Waals surface area contributed by atoms with Gasteiger partial charge in [-0.2, -0.15) is 0 Å². The van der Waals surface area contributed by atoms with Crippen molar-refractivity contribution < 1.29 is 13.2 Å². The Bertz CT molecular complexity index is 596. The maximum absolute atomic E-state index is 13.0. The van der Waals surface area contributed by atoms with Gasteiger partial charge >= 0.3 is 0 Å². The number of Topliss-reactive ketones (excluding diaryl/α,β-unsaturated/α-hetero) is 1. The monoisotopic (exact) mass is 276 g/mol. The molecule has 1 heterocycles. The van der Waals surface area contributed by atoms with E-state index < -0.39 is 20.3 Å². The topological polar surface area (TPSA) is 51.2 Å². The molecule has 0 unspecified atom stereocenters. The first-order valence-electron chi connectivity index (χ1n) is 7.22. The van der Waals surface area contributed by atoms with Crippen molar-refractivity contribution in [1.29, 1.82) is 0 Å². The smallest absolute Gasteiger partial charge is 0.158 e. The van der Waals surface area contributed by atoms with Gasteiger partial charge in [-0.05, 0) is 36.5 Å². The van der Waals surface area contributed by atoms with Crippen LogP contribution < -0.4 is 0 Å². The van der Waals surface area contributed by atoms with E-state index in [2.05, 4.69) is 12.2 Å². The zero-order chi connectivity index (χ0) is 12.9. The van der Waals surface area contributed by atoms with Crippen LogP contribution >= 0.6 is 0 Å². The maximum Gasteiger partial charge on any atom is 0.158 e. The van der Waals surface area contributed by atoms with Crippen LogP contribution in [0.5, 0.6) is 0 Å². The van der Waals surface area contributed by atoms with Gasteiger partial charge in [-0.1, -0.05) is 24.3 Å². The minimum absolute atomic E-state index is 0.105. The first kappa shape index (κ1) is 10.8. The van der Waals surface area contributed by atoms with Crippen LogP contribution in [-0.4, -0.2) is 24.7 Å². The second kappa shape index (κ2) is 3.05. The Morgan fingerprint density at radius 1 is 0.789 bits per heavy atom. The number of rotatable bonds is 0. The maximum atomic E-state index is 13.0. The highest BCUT2D eigenvalue weighted by atomic mass is 32.2. The molecule has 0 aromatic heterocycles. The number of hydrogen-bond acceptors (Lipinski definition) is 3. The van der Waals surface area contributed by atoms with Gasteiger partial charge in [0.2, 0.25) is 0 Å². The predicted molar refractivity (Wildman–Crippen MR) is 70.0 cm³/mol. The third-order valence-electron chi connectivity index (χ3n) is 6.19. The summed E-state index contributed by atoms with van der Waals surface area (Å²) in [4.78, 5) is 12.8. The zero-order valence-electron chi connectivity index (χ0n) is 10.5. The van der Waals surface area contributed by atoms with Crippen LogP contribution in [0.4, 0.5) is 0 Å². The Balaban J connectivity index is 1.72. The SMILES string of the molecule is O=C1[C@@H]2[C@@H]([C@H]3C=C[C@H]2C3)S(=O)(=O)[C@@H]2[C@H]1[C@H]1C=C[C@H]2C1. The van der Waals surface area contributed by atoms with E-state index in [9.17, 15) is 13.2 Å². The van der Waals surface area contributed by atoms with Gasteiger partial charge in [-0.3, -0.25) is 4.79 Å². The molecule has 4 heteroatoms. The first-order valence-corrected chi connectivity index (χ1v) is 8.83. The van der Waals surface area contributed by atoms with E-state index in [0.29, 0.717) is 0 Å². The van der Waals surface area contributed by atoms with E-state index >= 15 is 0 Å². The first-order chi connectivity index (χ1) is 9.09. The van der Waals surface area contributed by atoms with E-state index in [-0.39, 0.29) is 41.3 Å². The molecule has 3 fully saturated rings. The Morgan fingerprint density at radius 3 is 1.68 bits per heavy atom. The lowest BCUT2D eigenvalue weighted by Gasteiger charge is -2.41. The summed E-state index contributed by atoms with van der Waals surface area (Å²) in [5.41, 5.74) is 0. The van der Waals surface area contributed by atoms with E-state index in [4.69, 9.17) is 0 Å². The summed E-state index contributed by atoms with van der Waals surface area (Å²) in [5, 5.41) is -0.798. The minimum Gasteiger partial charge on any atom is -0.299 e. The molecular formula is C15H16O3S. The van der Waals surface area contributed by atoms with Gasteiger partial charge < -0.3 is 0 Å². The van der Waals surface area contributed by atoms with Gasteiger partial charge in [-0.25, -0.2) is 8.42 Å². The molecule has 19 heavy (non-hydrogen) atoms. The van der Waals surface area contributed by atoms with Gasteiger partial charge in [0.15, 0.2) is 9.84 Å². The normalized spacial score (nSPS) is 58.6. The van der Waals surface area contributed by atoms with Crippen LogP contribution in [0.25, 0.3) is 0 Å². The highest BCUT2D eigenvalue weighted by Gasteiger charge is 2.67. The van der Waals surface area contributed by atoms with E-state index in [1.165, 1.54) is 0 Å². The minimum atomic E-state index is -3.16. The van der Waals surface area contributed by atoms with Crippen LogP contribution in [0.1, 0.15) is 12.8 Å². The third kappa shape index (κ3) is 1.04. The lowest BCUT2D eigenvalue weighted by atomic mass is 9.77. The second-order valence-corrected chi connectivity index (χ2v) is 9.14. The van der Waals surface area contributed by atoms with Crippen molar-refractivity contribution in [3.8, 4) is 0 Å². The number of allylic oxidation sites excluding steroid dienone is 4. The number of hydrogen-bond donors (Lipinski definition) is 0. The fourth-order valence-electron chi connectivity index (χ4n) is 5.60. The molecule has 5 aliphatic rings. The standard InChI is InChI=1S/C15H16O3S/c16-13-11-7-1-3-9(5-7)14(11)19(17,18)15-10-4-2-8(6-10)12(13)15/h1-4,7-12,14-15H,5-6H2/t7-,8-,9-,10-,11-,12+,14-,15+/m0/s1. The Hall–Kier alpha value is -0.900. The van der Waals surface area contributed by atoms with Gasteiger partial charge in [0, 0.05) is 11.8 Å². The molecule has 100 valence electrons. The lowest BCUT2D eigenvalue weighted by Crippen LogP contribution is -2.55. The number of carbonyl (C=O) groups is 1. The highest BCUT2D eigenvalue weighted by Crippen LogP contribution is 2.59. The fraction of sp³-hybridized carbons (Fsp3) is 0.667. The molecule has 8 atom stereocenters. The number of fused-ring (bicyclic) bond motifs is 10. The van der Waals surface area contributed by atoms with Crippen molar-refractivity contribution in [2.75, 3.05) is 0 Å². The Labute approximate surface area is 112 Å². The molecule has 3 nitrogen and oxygen atoms in total. The Morgan fingerprint density at radius 2 is 1.21 bits per heavy atom. The van der Waals surface area contributed by atoms with E-state index in [1.807, 2.05) is 12.2 Å². The van der Waals surface area contributed by atoms with Crippen molar-refractivity contribution in [2.24, 2.45) is 35.5 Å². The van der Waals surface area contributed by atoms with Crippen LogP contribution in [0.3, 0.4) is 0 Å². The van der Waals surface area contributed by atoms with Crippen molar-refractivity contribution in [3.05, 3.63) is 24.3 Å². The summed E-state index contributed by atoms with van der Waals surface area (Å²) in [6.45, 7) is 0. The van der Waals surface area contributed by atoms with Crippen LogP contribution in [0.15, 0.2) is 24.3 Å². The molecule has 5 rings (SSSR count). The average molecular weight is 276 g/mol. The second-order valence-electron chi connectivity index (χ2n) is 6.87. The number of ketones is 1. The van der Waals surface area contributed by atoms with Crippen LogP contribution in [0, 0.1) is 35.5 Å². The molecule has 1 aliphatic heterocycles. The number of carbonyl (C=O) groups excluding carboxylic acids is 1. The van der Waals surface area contributed by atoms with Crippen LogP contribution in [0.2, 0.25) is 0 Å². The molecule has 4 aliphatic carbocycles. The van der Waals surface area contributed by atoms with E-state index in [1.54, 1.807) is 0 Å². The van der Waals surface area contributed by atoms with Gasteiger partial charge in [0.05, 0.1) is 10.5 Å². The molecule has 0 aromatic carbocycles. The molecule has 4 bridgehead atoms. The predicted octanol–water partition coefficient (Wildman–Crippen LogP) is 1.37. The molecule has 0 aromatic rings. The summed E-state index contributed by atoms with van der Waals surface area (Å²) in [6.07, 6.45) is 10.0. The summed E-state index contributed by atoms with van der Waals surface area (Å²) in [7, 11) is -3.16. The molecule has 0 spiro atoms. The van der Waals surface area contributed by atoms with E-state index in [0.717, 1.165) is 12.8 Å². The quantitative estimate of drug-likeness (QED) is 0.628. The zero-order valence-corrected chi connectivity index (χ0v) is 11.3. The summed E-state index contributed by atoms with van der Waals surface area (Å²) in [6, 6.07) is 0. The summed E-state index contributed by atoms with van der Waals surface area (Å²) >= 11 is 0. The van der Waals surface area contributed by atoms with Gasteiger partial charge in [0.1, 0.15) is 5.78 Å². The van der Waals surface area contributed by atoms with Gasteiger partial charge in [-0.15, -0.1) is 0 Å². The highest BCUT2D eigenvalue weighted by molar-refractivity contribution is 7.92. The number of sulfone groups is 1. The molecule has 2 saturated carbocycles. The van der Waals surface area contributed by atoms with Crippen molar-refractivity contribution in [3.63, 3.8) is 0 Å². The molecular weight excluding hydrogens is 260 g/mol. The largest absolute Gasteiger partial charge is 0.299 e. The molecule has 1 saturated heterocycles. The Kier molecular flexibility index (Phi) is 1.74. The van der Waals surface area contributed by atoms with Crippen molar-refractivity contribution in [2.45, 2.75) is 23.3 Å². The third-order valence-corrected chi connectivity index (χ3v) is 8.99. The lowest BCUT2D eigenvalue weighted by molar-refractivity contribution is -0.128. The van der Waals surface area contributed by atoms with Crippen molar-refractivity contribution in [1.82, 2.24) is 0 Å². The van der Waals surface area contributed by atoms with Gasteiger partial charge in [0.25, 0.3) is 0 Å². The van der Waals surface area contributed by atoms with Crippen LogP contribution in [-0.2, 0) is 14.6 Å². The molecule has 0 radical (unpaired) electrons. The molecule has 0 N–H and O–H groups in total. The summed E-state index contributed by atoms with van der Waals surface area (Å²) < 4.78 is 26.0. The van der Waals surface area contributed by atoms with Crippen molar-refractivity contribution >= 4 is 15.6 Å². The molecule has 0 amide bonds.